The fraction of sp³-hybridized carbons (Fsp3) is 0.611. The van der Waals surface area contributed by atoms with Crippen molar-refractivity contribution in [1.82, 2.24) is 13.9 Å². The molecule has 2 saturated heterocycles. The van der Waals surface area contributed by atoms with Crippen molar-refractivity contribution < 1.29 is 13.2 Å². The maximum atomic E-state index is 12.8. The number of carbonyl (C=O) groups excluding carboxylic acids is 1. The summed E-state index contributed by atoms with van der Waals surface area (Å²) in [6, 6.07) is 9.75. The van der Waals surface area contributed by atoms with Crippen LogP contribution in [0.5, 0.6) is 0 Å². The third-order valence-electron chi connectivity index (χ3n) is 5.03. The SMILES string of the molecule is O=C(NCc1ccccc1)[C@@H]1CCCN(S(=O)(=O)N2CCCCC2)C1. The van der Waals surface area contributed by atoms with Gasteiger partial charge in [0.05, 0.1) is 5.92 Å². The summed E-state index contributed by atoms with van der Waals surface area (Å²) in [6.07, 6.45) is 4.42. The Morgan fingerprint density at radius 2 is 1.68 bits per heavy atom. The predicted octanol–water partition coefficient (Wildman–Crippen LogP) is 1.75. The molecule has 2 aliphatic rings. The zero-order chi connectivity index (χ0) is 17.7. The van der Waals surface area contributed by atoms with E-state index in [1.54, 1.807) is 4.31 Å². The summed E-state index contributed by atoms with van der Waals surface area (Å²) in [5.74, 6) is -0.320. The first-order valence-corrected chi connectivity index (χ1v) is 10.5. The number of nitrogens with one attached hydrogen (secondary N) is 1. The van der Waals surface area contributed by atoms with Gasteiger partial charge in [-0.3, -0.25) is 4.79 Å². The summed E-state index contributed by atoms with van der Waals surface area (Å²) >= 11 is 0. The monoisotopic (exact) mass is 365 g/mol. The molecule has 0 unspecified atom stereocenters. The van der Waals surface area contributed by atoms with Gasteiger partial charge >= 0.3 is 0 Å². The molecule has 1 amide bonds. The predicted molar refractivity (Wildman–Crippen MR) is 96.9 cm³/mol. The summed E-state index contributed by atoms with van der Waals surface area (Å²) in [4.78, 5) is 12.5. The van der Waals surface area contributed by atoms with Gasteiger partial charge in [-0.2, -0.15) is 17.0 Å². The molecule has 0 radical (unpaired) electrons. The molecule has 3 rings (SSSR count). The fourth-order valence-corrected chi connectivity index (χ4v) is 5.33. The summed E-state index contributed by atoms with van der Waals surface area (Å²) in [6.45, 7) is 2.49. The number of carbonyl (C=O) groups is 1. The minimum atomic E-state index is -3.43. The number of hydrogen-bond donors (Lipinski definition) is 1. The highest BCUT2D eigenvalue weighted by Gasteiger charge is 2.36. The molecule has 0 bridgehead atoms. The second-order valence-corrected chi connectivity index (χ2v) is 8.80. The van der Waals surface area contributed by atoms with E-state index >= 15 is 0 Å². The van der Waals surface area contributed by atoms with Crippen LogP contribution in [0.25, 0.3) is 0 Å². The Morgan fingerprint density at radius 1 is 1.00 bits per heavy atom. The van der Waals surface area contributed by atoms with E-state index in [0.717, 1.165) is 37.7 Å². The van der Waals surface area contributed by atoms with Crippen molar-refractivity contribution in [3.63, 3.8) is 0 Å². The number of amides is 1. The average molecular weight is 365 g/mol. The normalized spacial score (nSPS) is 23.3. The van der Waals surface area contributed by atoms with Crippen LogP contribution in [0.2, 0.25) is 0 Å². The molecular weight excluding hydrogens is 338 g/mol. The Morgan fingerprint density at radius 3 is 2.40 bits per heavy atom. The summed E-state index contributed by atoms with van der Waals surface area (Å²) in [5.41, 5.74) is 1.05. The highest BCUT2D eigenvalue weighted by Crippen LogP contribution is 2.23. The second kappa shape index (κ2) is 8.29. The Balaban J connectivity index is 1.57. The van der Waals surface area contributed by atoms with Gasteiger partial charge < -0.3 is 5.32 Å². The van der Waals surface area contributed by atoms with Gasteiger partial charge in [-0.1, -0.05) is 36.8 Å². The molecule has 6 nitrogen and oxygen atoms in total. The first kappa shape index (κ1) is 18.4. The Bertz CT molecular complexity index is 672. The number of piperidine rings is 2. The van der Waals surface area contributed by atoms with Crippen molar-refractivity contribution in [1.29, 1.82) is 0 Å². The van der Waals surface area contributed by atoms with Crippen LogP contribution in [-0.2, 0) is 21.5 Å². The molecule has 0 aliphatic carbocycles. The van der Waals surface area contributed by atoms with Gasteiger partial charge in [0, 0.05) is 32.7 Å². The van der Waals surface area contributed by atoms with E-state index in [9.17, 15) is 13.2 Å². The molecule has 2 aliphatic heterocycles. The van der Waals surface area contributed by atoms with Gasteiger partial charge in [-0.15, -0.1) is 0 Å². The van der Waals surface area contributed by atoms with Gasteiger partial charge in [-0.05, 0) is 31.2 Å². The number of benzene rings is 1. The fourth-order valence-electron chi connectivity index (χ4n) is 3.55. The van der Waals surface area contributed by atoms with Gasteiger partial charge in [0.1, 0.15) is 0 Å². The largest absolute Gasteiger partial charge is 0.352 e. The molecule has 138 valence electrons. The molecule has 7 heteroatoms. The highest BCUT2D eigenvalue weighted by atomic mass is 32.2. The van der Waals surface area contributed by atoms with Crippen LogP contribution in [0.4, 0.5) is 0 Å². The molecule has 1 N–H and O–H groups in total. The molecule has 1 aromatic carbocycles. The first-order chi connectivity index (χ1) is 12.1. The molecule has 25 heavy (non-hydrogen) atoms. The third kappa shape index (κ3) is 4.59. The lowest BCUT2D eigenvalue weighted by Crippen LogP contribution is -2.51. The zero-order valence-electron chi connectivity index (χ0n) is 14.6. The summed E-state index contributed by atoms with van der Waals surface area (Å²) < 4.78 is 28.7. The van der Waals surface area contributed by atoms with Crippen molar-refractivity contribution >= 4 is 16.1 Å². The lowest BCUT2D eigenvalue weighted by atomic mass is 9.99. The average Bonchev–Trinajstić information content (AvgIpc) is 2.67. The van der Waals surface area contributed by atoms with Crippen molar-refractivity contribution in [2.24, 2.45) is 5.92 Å². The topological polar surface area (TPSA) is 69.7 Å². The van der Waals surface area contributed by atoms with Crippen molar-refractivity contribution in [3.05, 3.63) is 35.9 Å². The van der Waals surface area contributed by atoms with Crippen LogP contribution in [0, 0.1) is 5.92 Å². The minimum absolute atomic E-state index is 0.0533. The van der Waals surface area contributed by atoms with Gasteiger partial charge in [-0.25, -0.2) is 0 Å². The van der Waals surface area contributed by atoms with Crippen LogP contribution in [0.1, 0.15) is 37.7 Å². The zero-order valence-corrected chi connectivity index (χ0v) is 15.4. The standard InChI is InChI=1S/C18H27N3O3S/c22-18(19-14-16-8-3-1-4-9-16)17-10-7-13-21(15-17)25(23,24)20-11-5-2-6-12-20/h1,3-4,8-9,17H,2,5-7,10-15H2,(H,19,22)/t17-/m1/s1. The number of nitrogens with zero attached hydrogens (tertiary/aromatic N) is 2. The van der Waals surface area contributed by atoms with Crippen molar-refractivity contribution in [3.8, 4) is 0 Å². The van der Waals surface area contributed by atoms with Gasteiger partial charge in [0.15, 0.2) is 0 Å². The van der Waals surface area contributed by atoms with Gasteiger partial charge in [0.2, 0.25) is 5.91 Å². The molecular formula is C18H27N3O3S. The van der Waals surface area contributed by atoms with Crippen LogP contribution in [0.15, 0.2) is 30.3 Å². The molecule has 0 spiro atoms. The van der Waals surface area contributed by atoms with E-state index in [1.807, 2.05) is 30.3 Å². The third-order valence-corrected chi connectivity index (χ3v) is 7.03. The number of rotatable bonds is 5. The van der Waals surface area contributed by atoms with Gasteiger partial charge in [0.25, 0.3) is 10.2 Å². The quantitative estimate of drug-likeness (QED) is 0.864. The van der Waals surface area contributed by atoms with E-state index in [0.29, 0.717) is 32.7 Å². The molecule has 1 aromatic rings. The molecule has 2 heterocycles. The minimum Gasteiger partial charge on any atom is -0.352 e. The Hall–Kier alpha value is -1.44. The van der Waals surface area contributed by atoms with E-state index in [-0.39, 0.29) is 11.8 Å². The Kier molecular flexibility index (Phi) is 6.09. The lowest BCUT2D eigenvalue weighted by molar-refractivity contribution is -0.126. The van der Waals surface area contributed by atoms with Crippen LogP contribution in [-0.4, -0.2) is 49.1 Å². The van der Waals surface area contributed by atoms with E-state index in [1.165, 1.54) is 4.31 Å². The maximum Gasteiger partial charge on any atom is 0.281 e. The maximum absolute atomic E-state index is 12.8. The summed E-state index contributed by atoms with van der Waals surface area (Å²) in [7, 11) is -3.43. The lowest BCUT2D eigenvalue weighted by Gasteiger charge is -2.36. The highest BCUT2D eigenvalue weighted by molar-refractivity contribution is 7.86. The van der Waals surface area contributed by atoms with Crippen LogP contribution < -0.4 is 5.32 Å². The van der Waals surface area contributed by atoms with E-state index < -0.39 is 10.2 Å². The molecule has 0 aromatic heterocycles. The second-order valence-electron chi connectivity index (χ2n) is 6.87. The first-order valence-electron chi connectivity index (χ1n) is 9.14. The van der Waals surface area contributed by atoms with Crippen molar-refractivity contribution in [2.75, 3.05) is 26.2 Å². The van der Waals surface area contributed by atoms with E-state index in [4.69, 9.17) is 0 Å². The molecule has 1 atom stereocenters. The smallest absolute Gasteiger partial charge is 0.281 e. The molecule has 2 fully saturated rings. The Labute approximate surface area is 150 Å². The summed E-state index contributed by atoms with van der Waals surface area (Å²) in [5, 5.41) is 2.95. The number of hydrogen-bond acceptors (Lipinski definition) is 3. The van der Waals surface area contributed by atoms with Crippen LogP contribution >= 0.6 is 0 Å². The van der Waals surface area contributed by atoms with Crippen molar-refractivity contribution in [2.45, 2.75) is 38.6 Å². The molecule has 0 saturated carbocycles. The van der Waals surface area contributed by atoms with E-state index in [2.05, 4.69) is 5.32 Å². The van der Waals surface area contributed by atoms with Crippen LogP contribution in [0.3, 0.4) is 0 Å².